The van der Waals surface area contributed by atoms with Gasteiger partial charge in [-0.3, -0.25) is 0 Å². The molecule has 33 heavy (non-hydrogen) atoms. The summed E-state index contributed by atoms with van der Waals surface area (Å²) in [6.45, 7) is 6.63. The van der Waals surface area contributed by atoms with Crippen LogP contribution in [0.4, 0.5) is 11.4 Å². The first-order valence-corrected chi connectivity index (χ1v) is 13.7. The lowest BCUT2D eigenvalue weighted by Crippen LogP contribution is -3.08. The Morgan fingerprint density at radius 2 is 1.06 bits per heavy atom. The molecule has 0 bridgehead atoms. The summed E-state index contributed by atoms with van der Waals surface area (Å²) in [5, 5.41) is 11.7. The van der Waals surface area contributed by atoms with Crippen LogP contribution in [-0.4, -0.2) is 23.4 Å². The van der Waals surface area contributed by atoms with Gasteiger partial charge in [-0.2, -0.15) is 0 Å². The van der Waals surface area contributed by atoms with Gasteiger partial charge in [-0.1, -0.05) is 61.2 Å². The number of fused-ring (bicyclic) bond motifs is 2. The first kappa shape index (κ1) is 26.1. The van der Waals surface area contributed by atoms with Crippen LogP contribution in [0.2, 0.25) is 0 Å². The van der Waals surface area contributed by atoms with Crippen LogP contribution in [-0.2, 0) is 0 Å². The summed E-state index contributed by atoms with van der Waals surface area (Å²) in [6, 6.07) is 17.3. The van der Waals surface area contributed by atoms with Crippen LogP contribution in [0.1, 0.15) is 39.5 Å². The molecule has 2 aliphatic rings. The van der Waals surface area contributed by atoms with Gasteiger partial charge in [-0.25, -0.2) is 28.4 Å². The number of halogens is 1. The molecule has 2 aromatic carbocycles. The van der Waals surface area contributed by atoms with Crippen molar-refractivity contribution >= 4 is 45.2 Å². The van der Waals surface area contributed by atoms with Gasteiger partial charge in [-0.15, -0.1) is 10.2 Å². The van der Waals surface area contributed by atoms with Gasteiger partial charge < -0.3 is 0 Å². The van der Waals surface area contributed by atoms with Crippen molar-refractivity contribution in [2.45, 2.75) is 49.3 Å². The van der Waals surface area contributed by atoms with E-state index in [1.165, 1.54) is 56.6 Å². The number of hydrogen-bond acceptors (Lipinski definition) is 8. The highest BCUT2D eigenvalue weighted by Crippen LogP contribution is 2.32. The summed E-state index contributed by atoms with van der Waals surface area (Å²) in [6.07, 6.45) is 4.76. The maximum Gasteiger partial charge on any atom is 0.291 e. The summed E-state index contributed by atoms with van der Waals surface area (Å²) < 4.78 is 34.0. The molecule has 0 fully saturated rings. The van der Waals surface area contributed by atoms with Gasteiger partial charge in [0.1, 0.15) is 0 Å². The first-order valence-electron chi connectivity index (χ1n) is 10.9. The van der Waals surface area contributed by atoms with Crippen molar-refractivity contribution in [3.63, 3.8) is 0 Å². The van der Waals surface area contributed by atoms with Crippen molar-refractivity contribution < 1.29 is 38.7 Å². The third kappa shape index (κ3) is 7.51. The molecule has 0 amide bonds. The number of benzene rings is 2. The van der Waals surface area contributed by atoms with E-state index in [2.05, 4.69) is 62.4 Å². The Bertz CT molecular complexity index is 921. The highest BCUT2D eigenvalue weighted by molar-refractivity contribution is 8.14. The average molecular weight is 512 g/mol. The summed E-state index contributed by atoms with van der Waals surface area (Å²) in [5.41, 5.74) is 2.69. The molecule has 0 saturated carbocycles. The second kappa shape index (κ2) is 12.3. The highest BCUT2D eigenvalue weighted by atomic mass is 35.7. The quantitative estimate of drug-likeness (QED) is 0.464. The van der Waals surface area contributed by atoms with Gasteiger partial charge in [0.25, 0.3) is 10.3 Å². The van der Waals surface area contributed by atoms with Crippen LogP contribution in [0.25, 0.3) is 0 Å². The minimum absolute atomic E-state index is 1.07. The summed E-state index contributed by atoms with van der Waals surface area (Å²) in [5.74, 6) is 0. The molecule has 0 aliphatic carbocycles. The Morgan fingerprint density at radius 3 is 1.42 bits per heavy atom. The van der Waals surface area contributed by atoms with Crippen molar-refractivity contribution in [3.8, 4) is 0 Å². The molecule has 0 radical (unpaired) electrons. The Balaban J connectivity index is 0.000000555. The van der Waals surface area contributed by atoms with E-state index in [1.54, 1.807) is 23.5 Å². The maximum atomic E-state index is 8.49. The SMILES string of the molecule is CCCC[NH+]1/C(=N\N=C2\Sc3ccccc3[NH+]2CCCC)Sc2ccccc21.[O-][Cl+3]([O-])([O-])[O-]. The number of hydrogen-bond donors (Lipinski definition) is 2. The molecule has 178 valence electrons. The minimum Gasteiger partial charge on any atom is -0.245 e. The monoisotopic (exact) mass is 511 g/mol. The molecule has 2 aromatic rings. The van der Waals surface area contributed by atoms with Crippen molar-refractivity contribution in [2.24, 2.45) is 10.2 Å². The van der Waals surface area contributed by atoms with Crippen LogP contribution in [0, 0.1) is 10.2 Å². The number of quaternary nitrogens is 2. The second-order valence-corrected chi connectivity index (χ2v) is 10.4. The molecular weight excluding hydrogens is 484 g/mol. The topological polar surface area (TPSA) is 126 Å². The van der Waals surface area contributed by atoms with Gasteiger partial charge in [0.15, 0.2) is 11.4 Å². The number of para-hydroxylation sites is 2. The predicted octanol–water partition coefficient (Wildman–Crippen LogP) is -0.898. The molecule has 2 aliphatic heterocycles. The minimum atomic E-state index is -4.94. The van der Waals surface area contributed by atoms with Crippen molar-refractivity contribution in [1.82, 2.24) is 0 Å². The van der Waals surface area contributed by atoms with E-state index in [-0.39, 0.29) is 0 Å². The molecule has 2 unspecified atom stereocenters. The number of nitrogens with one attached hydrogen (secondary N) is 2. The fourth-order valence-electron chi connectivity index (χ4n) is 3.61. The third-order valence-electron chi connectivity index (χ3n) is 5.15. The smallest absolute Gasteiger partial charge is 0.245 e. The summed E-state index contributed by atoms with van der Waals surface area (Å²) >= 11 is 3.54. The largest absolute Gasteiger partial charge is 0.291 e. The van der Waals surface area contributed by atoms with Gasteiger partial charge in [-0.05, 0) is 48.5 Å². The zero-order valence-electron chi connectivity index (χ0n) is 18.6. The number of thioether (sulfide) groups is 2. The molecule has 11 heteroatoms. The summed E-state index contributed by atoms with van der Waals surface area (Å²) in [4.78, 5) is 5.35. The molecule has 0 spiro atoms. The molecular formula is C22H28ClN4O4S2+. The molecule has 2 heterocycles. The van der Waals surface area contributed by atoms with Crippen LogP contribution in [0.15, 0.2) is 68.5 Å². The Morgan fingerprint density at radius 1 is 0.697 bits per heavy atom. The van der Waals surface area contributed by atoms with E-state index < -0.39 is 10.2 Å². The first-order chi connectivity index (χ1) is 15.8. The third-order valence-corrected chi connectivity index (χ3v) is 7.34. The number of nitrogens with zero attached hydrogens (tertiary/aromatic N) is 2. The van der Waals surface area contributed by atoms with Gasteiger partial charge in [0, 0.05) is 12.1 Å². The Kier molecular flexibility index (Phi) is 9.74. The average Bonchev–Trinajstić information content (AvgIpc) is 3.31. The van der Waals surface area contributed by atoms with E-state index in [4.69, 9.17) is 28.8 Å². The van der Waals surface area contributed by atoms with Crippen LogP contribution in [0.5, 0.6) is 0 Å². The highest BCUT2D eigenvalue weighted by Gasteiger charge is 2.35. The molecule has 2 N–H and O–H groups in total. The number of unbranched alkanes of at least 4 members (excludes halogenated alkanes) is 2. The van der Waals surface area contributed by atoms with E-state index >= 15 is 0 Å². The van der Waals surface area contributed by atoms with Crippen LogP contribution < -0.4 is 28.4 Å². The molecule has 0 saturated heterocycles. The van der Waals surface area contributed by atoms with Gasteiger partial charge in [0.2, 0.25) is 0 Å². The maximum absolute atomic E-state index is 8.49. The Labute approximate surface area is 204 Å². The van der Waals surface area contributed by atoms with Gasteiger partial charge >= 0.3 is 0 Å². The molecule has 2 atom stereocenters. The molecule has 4 rings (SSSR count). The lowest BCUT2D eigenvalue weighted by Gasteiger charge is -2.17. The second-order valence-electron chi connectivity index (χ2n) is 7.55. The molecule has 0 aromatic heterocycles. The fourth-order valence-corrected chi connectivity index (χ4v) is 5.76. The van der Waals surface area contributed by atoms with Crippen molar-refractivity contribution in [1.29, 1.82) is 0 Å². The van der Waals surface area contributed by atoms with Crippen LogP contribution in [0.3, 0.4) is 0 Å². The lowest BCUT2D eigenvalue weighted by molar-refractivity contribution is -2.00. The number of rotatable bonds is 7. The van der Waals surface area contributed by atoms with Crippen LogP contribution >= 0.6 is 23.5 Å². The van der Waals surface area contributed by atoms with Gasteiger partial charge in [0.05, 0.1) is 22.9 Å². The zero-order chi connectivity index (χ0) is 23.8. The van der Waals surface area contributed by atoms with E-state index in [0.29, 0.717) is 0 Å². The Hall–Kier alpha value is -1.47. The van der Waals surface area contributed by atoms with Crippen molar-refractivity contribution in [3.05, 3.63) is 48.5 Å². The van der Waals surface area contributed by atoms with Crippen molar-refractivity contribution in [2.75, 3.05) is 13.1 Å². The van der Waals surface area contributed by atoms with E-state index in [0.717, 1.165) is 23.4 Å². The summed E-state index contributed by atoms with van der Waals surface area (Å²) in [7, 11) is -4.94. The standard InChI is InChI=1S/C22H26N4S2.ClHO4/c1-3-5-15-25-17-11-7-9-13-19(17)27-21(25)23-24-22-26(16-6-4-2)18-12-8-10-14-20(18)28-22;2-1(3,4)5/h7-14H,3-6,15-16H2,1-2H3;(H,2,3,4,5)/p+1/b23-21+,24-22+;. The lowest BCUT2D eigenvalue weighted by atomic mass is 10.2. The number of amidine groups is 2. The predicted molar refractivity (Wildman–Crippen MR) is 120 cm³/mol. The normalized spacial score (nSPS) is 21.6. The zero-order valence-corrected chi connectivity index (χ0v) is 21.0. The molecule has 8 nitrogen and oxygen atoms in total. The van der Waals surface area contributed by atoms with E-state index in [1.807, 2.05) is 0 Å². The van der Waals surface area contributed by atoms with E-state index in [9.17, 15) is 0 Å². The fraction of sp³-hybridized carbons (Fsp3) is 0.364.